The molecule has 2 aromatic heterocycles. The predicted octanol–water partition coefficient (Wildman–Crippen LogP) is 4.34. The van der Waals surface area contributed by atoms with E-state index >= 15 is 0 Å². The smallest absolute Gasteiger partial charge is 0.342 e. The third-order valence-electron chi connectivity index (χ3n) is 5.90. The van der Waals surface area contributed by atoms with Crippen molar-refractivity contribution in [3.8, 4) is 0 Å². The summed E-state index contributed by atoms with van der Waals surface area (Å²) in [6.07, 6.45) is 3.72. The van der Waals surface area contributed by atoms with Gasteiger partial charge in [0.2, 0.25) is 5.71 Å². The zero-order valence-corrected chi connectivity index (χ0v) is 18.5. The lowest BCUT2D eigenvalue weighted by atomic mass is 9.96. The van der Waals surface area contributed by atoms with Crippen molar-refractivity contribution in [2.45, 2.75) is 40.2 Å². The van der Waals surface area contributed by atoms with Crippen LogP contribution in [0, 0.1) is 19.8 Å². The molecule has 1 aliphatic heterocycles. The number of piperidine rings is 1. The van der Waals surface area contributed by atoms with Gasteiger partial charge in [-0.1, -0.05) is 29.8 Å². The highest BCUT2D eigenvalue weighted by molar-refractivity contribution is 6.07. The molecule has 0 atom stereocenters. The zero-order chi connectivity index (χ0) is 21.8. The summed E-state index contributed by atoms with van der Waals surface area (Å²) in [6, 6.07) is 8.74. The molecule has 3 aromatic rings. The Balaban J connectivity index is 1.38. The van der Waals surface area contributed by atoms with Gasteiger partial charge in [0, 0.05) is 13.1 Å². The van der Waals surface area contributed by atoms with Crippen LogP contribution in [0.25, 0.3) is 11.1 Å². The van der Waals surface area contributed by atoms with Crippen LogP contribution in [0.5, 0.6) is 0 Å². The lowest BCUT2D eigenvalue weighted by molar-refractivity contribution is 0.0526. The lowest BCUT2D eigenvalue weighted by Crippen LogP contribution is -2.35. The van der Waals surface area contributed by atoms with Crippen LogP contribution in [0.2, 0.25) is 0 Å². The molecule has 0 saturated carbocycles. The first-order chi connectivity index (χ1) is 15.0. The second-order valence-electron chi connectivity index (χ2n) is 8.25. The van der Waals surface area contributed by atoms with Crippen molar-refractivity contribution in [3.63, 3.8) is 0 Å². The van der Waals surface area contributed by atoms with Crippen molar-refractivity contribution in [2.75, 3.05) is 31.6 Å². The quantitative estimate of drug-likeness (QED) is 0.567. The fourth-order valence-corrected chi connectivity index (χ4v) is 4.29. The molecule has 1 aromatic carbocycles. The molecular weight excluding hydrogens is 392 g/mol. The summed E-state index contributed by atoms with van der Waals surface area (Å²) in [7, 11) is 0. The number of carbonyl (C=O) groups is 1. The van der Waals surface area contributed by atoms with Crippen LogP contribution in [0.3, 0.4) is 0 Å². The highest BCUT2D eigenvalue weighted by Crippen LogP contribution is 2.30. The van der Waals surface area contributed by atoms with Crippen molar-refractivity contribution < 1.29 is 13.9 Å². The summed E-state index contributed by atoms with van der Waals surface area (Å²) in [5, 5.41) is 4.05. The number of rotatable bonds is 7. The molecule has 7 heteroatoms. The van der Waals surface area contributed by atoms with Crippen LogP contribution < -0.4 is 5.32 Å². The number of nitrogens with one attached hydrogen (secondary N) is 1. The van der Waals surface area contributed by atoms with Crippen LogP contribution >= 0.6 is 0 Å². The van der Waals surface area contributed by atoms with Crippen LogP contribution in [0.15, 0.2) is 35.0 Å². The molecule has 0 unspecified atom stereocenters. The number of esters is 1. The summed E-state index contributed by atoms with van der Waals surface area (Å²) in [5.41, 5.74) is 3.50. The molecule has 0 amide bonds. The van der Waals surface area contributed by atoms with E-state index < -0.39 is 5.97 Å². The van der Waals surface area contributed by atoms with Gasteiger partial charge in [-0.3, -0.25) is 4.90 Å². The summed E-state index contributed by atoms with van der Waals surface area (Å²) < 4.78 is 10.9. The van der Waals surface area contributed by atoms with E-state index in [9.17, 15) is 4.79 Å². The van der Waals surface area contributed by atoms with Gasteiger partial charge in [-0.15, -0.1) is 0 Å². The minimum atomic E-state index is -0.402. The van der Waals surface area contributed by atoms with E-state index in [1.807, 2.05) is 0 Å². The number of benzene rings is 1. The molecule has 0 radical (unpaired) electrons. The molecule has 1 aliphatic rings. The van der Waals surface area contributed by atoms with E-state index in [1.165, 1.54) is 17.5 Å². The molecule has 1 fully saturated rings. The Hall–Kier alpha value is -2.93. The molecule has 3 heterocycles. The summed E-state index contributed by atoms with van der Waals surface area (Å²) in [6.45, 7) is 9.96. The second-order valence-corrected chi connectivity index (χ2v) is 8.25. The summed E-state index contributed by atoms with van der Waals surface area (Å²) in [5.74, 6) is 1.28. The fourth-order valence-electron chi connectivity index (χ4n) is 4.29. The number of ether oxygens (including phenoxy) is 1. The predicted molar refractivity (Wildman–Crippen MR) is 120 cm³/mol. The molecule has 164 valence electrons. The Labute approximate surface area is 182 Å². The average molecular weight is 423 g/mol. The highest BCUT2D eigenvalue weighted by atomic mass is 16.5. The average Bonchev–Trinajstić information content (AvgIpc) is 3.10. The maximum Gasteiger partial charge on any atom is 0.342 e. The standard InChI is InChI=1S/C24H30N4O3/c1-4-30-24(29)20-17(3)31-23-21(20)22(26-15-27-23)25-13-18-8-10-28(11-9-18)14-19-7-5-6-16(2)12-19/h5-7,12,15,18H,4,8-11,13-14H2,1-3H3,(H,25,26,27). The first-order valence-corrected chi connectivity index (χ1v) is 11.0. The number of aromatic nitrogens is 2. The maximum atomic E-state index is 12.4. The SMILES string of the molecule is CCOC(=O)c1c(C)oc2ncnc(NCC3CCN(Cc4cccc(C)c4)CC3)c12. The van der Waals surface area contributed by atoms with Gasteiger partial charge in [0.15, 0.2) is 0 Å². The number of furan rings is 1. The van der Waals surface area contributed by atoms with Crippen molar-refractivity contribution in [1.82, 2.24) is 14.9 Å². The highest BCUT2D eigenvalue weighted by Gasteiger charge is 2.25. The fraction of sp³-hybridized carbons (Fsp3) is 0.458. The Kier molecular flexibility index (Phi) is 6.51. The number of likely N-dealkylation sites (tertiary alicyclic amines) is 1. The Bertz CT molecular complexity index is 1050. The van der Waals surface area contributed by atoms with Crippen molar-refractivity contribution >= 4 is 22.9 Å². The number of nitrogens with zero attached hydrogens (tertiary/aromatic N) is 3. The summed E-state index contributed by atoms with van der Waals surface area (Å²) >= 11 is 0. The molecule has 1 N–H and O–H groups in total. The molecule has 1 saturated heterocycles. The van der Waals surface area contributed by atoms with Crippen LogP contribution in [-0.4, -0.2) is 47.1 Å². The van der Waals surface area contributed by atoms with E-state index in [2.05, 4.69) is 51.4 Å². The van der Waals surface area contributed by atoms with Gasteiger partial charge in [0.05, 0.1) is 12.0 Å². The molecular formula is C24H30N4O3. The third-order valence-corrected chi connectivity index (χ3v) is 5.90. The normalized spacial score (nSPS) is 15.3. The topological polar surface area (TPSA) is 80.5 Å². The monoisotopic (exact) mass is 422 g/mol. The van der Waals surface area contributed by atoms with E-state index in [1.54, 1.807) is 13.8 Å². The number of carbonyl (C=O) groups excluding carboxylic acids is 1. The zero-order valence-electron chi connectivity index (χ0n) is 18.5. The maximum absolute atomic E-state index is 12.4. The van der Waals surface area contributed by atoms with Crippen molar-refractivity contribution in [1.29, 1.82) is 0 Å². The first-order valence-electron chi connectivity index (χ1n) is 11.0. The lowest BCUT2D eigenvalue weighted by Gasteiger charge is -2.32. The van der Waals surface area contributed by atoms with Gasteiger partial charge < -0.3 is 14.5 Å². The van der Waals surface area contributed by atoms with E-state index in [0.29, 0.717) is 40.8 Å². The Morgan fingerprint density at radius 1 is 1.26 bits per heavy atom. The molecule has 0 spiro atoms. The third kappa shape index (κ3) is 4.88. The van der Waals surface area contributed by atoms with Crippen molar-refractivity contribution in [2.24, 2.45) is 5.92 Å². The summed E-state index contributed by atoms with van der Waals surface area (Å²) in [4.78, 5) is 23.5. The number of fused-ring (bicyclic) bond motifs is 1. The number of aryl methyl sites for hydroxylation is 2. The largest absolute Gasteiger partial charge is 0.462 e. The molecule has 7 nitrogen and oxygen atoms in total. The van der Waals surface area contributed by atoms with Crippen LogP contribution in [-0.2, 0) is 11.3 Å². The van der Waals surface area contributed by atoms with Gasteiger partial charge in [-0.25, -0.2) is 14.8 Å². The van der Waals surface area contributed by atoms with Gasteiger partial charge in [-0.05, 0) is 58.2 Å². The second kappa shape index (κ2) is 9.47. The number of hydrogen-bond donors (Lipinski definition) is 1. The Morgan fingerprint density at radius 2 is 2.06 bits per heavy atom. The number of hydrogen-bond acceptors (Lipinski definition) is 7. The van der Waals surface area contributed by atoms with Crippen molar-refractivity contribution in [3.05, 3.63) is 53.0 Å². The van der Waals surface area contributed by atoms with E-state index in [-0.39, 0.29) is 0 Å². The minimum absolute atomic E-state index is 0.308. The molecule has 0 aliphatic carbocycles. The van der Waals surface area contributed by atoms with E-state index in [4.69, 9.17) is 9.15 Å². The molecule has 0 bridgehead atoms. The Morgan fingerprint density at radius 3 is 2.81 bits per heavy atom. The van der Waals surface area contributed by atoms with E-state index in [0.717, 1.165) is 39.0 Å². The number of anilines is 1. The minimum Gasteiger partial charge on any atom is -0.462 e. The molecule has 4 rings (SSSR count). The van der Waals surface area contributed by atoms with Gasteiger partial charge in [0.25, 0.3) is 0 Å². The van der Waals surface area contributed by atoms with Gasteiger partial charge in [-0.2, -0.15) is 0 Å². The first kappa shape index (κ1) is 21.3. The van der Waals surface area contributed by atoms with Gasteiger partial charge >= 0.3 is 5.97 Å². The molecule has 31 heavy (non-hydrogen) atoms. The van der Waals surface area contributed by atoms with Crippen LogP contribution in [0.4, 0.5) is 5.82 Å². The van der Waals surface area contributed by atoms with Gasteiger partial charge in [0.1, 0.15) is 23.5 Å². The van der Waals surface area contributed by atoms with Crippen LogP contribution in [0.1, 0.15) is 47.0 Å².